The molecule has 1 aliphatic rings. The quantitative estimate of drug-likeness (QED) is 0.167. The molecule has 56 heavy (non-hydrogen) atoms. The van der Waals surface area contributed by atoms with Crippen LogP contribution in [0.4, 0.5) is 5.69 Å². The van der Waals surface area contributed by atoms with E-state index in [0.29, 0.717) is 17.5 Å². The van der Waals surface area contributed by atoms with Gasteiger partial charge in [-0.15, -0.1) is 0 Å². The molecule has 0 unspecified atom stereocenters. The Kier molecular flexibility index (Phi) is 8.15. The van der Waals surface area contributed by atoms with Gasteiger partial charge in [-0.2, -0.15) is 0 Å². The molecule has 1 heterocycles. The van der Waals surface area contributed by atoms with Crippen molar-refractivity contribution >= 4 is 5.69 Å². The maximum atomic E-state index is 6.02. The number of nitrogens with zero attached hydrogens (tertiary/aromatic N) is 3. The highest BCUT2D eigenvalue weighted by molar-refractivity contribution is 6.01. The van der Waals surface area contributed by atoms with Crippen LogP contribution < -0.4 is 5.73 Å². The molecule has 0 atom stereocenters. The number of rotatable bonds is 7. The van der Waals surface area contributed by atoms with Gasteiger partial charge in [0.2, 0.25) is 0 Å². The smallest absolute Gasteiger partial charge is 0.164 e. The molecule has 9 aromatic rings. The average molecular weight is 717 g/mol. The largest absolute Gasteiger partial charge is 0.399 e. The second-order valence-electron chi connectivity index (χ2n) is 14.2. The Labute approximate surface area is 326 Å². The number of nitrogens with two attached hydrogens (primary N) is 1. The van der Waals surface area contributed by atoms with E-state index < -0.39 is 5.41 Å². The molecular weight excluding hydrogens is 681 g/mol. The maximum absolute atomic E-state index is 6.02. The van der Waals surface area contributed by atoms with Gasteiger partial charge in [-0.25, -0.2) is 15.0 Å². The molecule has 0 saturated heterocycles. The number of benzene rings is 8. The van der Waals surface area contributed by atoms with Gasteiger partial charge in [-0.1, -0.05) is 194 Å². The van der Waals surface area contributed by atoms with Crippen LogP contribution in [0.3, 0.4) is 0 Å². The molecule has 0 fully saturated rings. The monoisotopic (exact) mass is 716 g/mol. The maximum Gasteiger partial charge on any atom is 0.164 e. The minimum absolute atomic E-state index is 0.610. The van der Waals surface area contributed by atoms with Crippen molar-refractivity contribution in [1.82, 2.24) is 15.0 Å². The van der Waals surface area contributed by atoms with Crippen molar-refractivity contribution in [2.24, 2.45) is 0 Å². The zero-order chi connectivity index (χ0) is 37.5. The number of anilines is 1. The van der Waals surface area contributed by atoms with Crippen LogP contribution >= 0.6 is 0 Å². The lowest BCUT2D eigenvalue weighted by Crippen LogP contribution is -2.28. The minimum Gasteiger partial charge on any atom is -0.399 e. The number of nitrogen functional groups attached to an aromatic ring is 1. The van der Waals surface area contributed by atoms with E-state index in [1.807, 2.05) is 48.5 Å². The predicted molar refractivity (Wildman–Crippen MR) is 229 cm³/mol. The lowest BCUT2D eigenvalue weighted by molar-refractivity contribution is 0.768. The number of hydrogen-bond acceptors (Lipinski definition) is 4. The number of fused-ring (bicyclic) bond motifs is 3. The molecule has 0 spiro atoms. The highest BCUT2D eigenvalue weighted by atomic mass is 15.0. The summed E-state index contributed by atoms with van der Waals surface area (Å²) in [4.78, 5) is 15.6. The standard InChI is InChI=1S/C52H36N4/c53-42-33-31-36(32-34-42)35-27-29-37(30-28-35)43-23-13-25-45-47(43)48-44(24-14-26-46(48)52(45,40-19-9-3-10-20-40)41-21-11-4-12-22-41)51-55-49(38-15-5-1-6-16-38)54-50(56-51)39-17-7-2-8-18-39/h1-34H,53H2. The van der Waals surface area contributed by atoms with E-state index in [2.05, 4.69) is 158 Å². The third kappa shape index (κ3) is 5.50. The van der Waals surface area contributed by atoms with E-state index in [-0.39, 0.29) is 0 Å². The van der Waals surface area contributed by atoms with Gasteiger partial charge in [0.25, 0.3) is 0 Å². The van der Waals surface area contributed by atoms with Crippen molar-refractivity contribution in [3.8, 4) is 67.5 Å². The van der Waals surface area contributed by atoms with Crippen molar-refractivity contribution < 1.29 is 0 Å². The summed E-state index contributed by atoms with van der Waals surface area (Å²) in [6.45, 7) is 0. The van der Waals surface area contributed by atoms with Crippen LogP contribution in [0, 0.1) is 0 Å². The fraction of sp³-hybridized carbons (Fsp3) is 0.0192. The van der Waals surface area contributed by atoms with E-state index >= 15 is 0 Å². The molecule has 2 N–H and O–H groups in total. The summed E-state index contributed by atoms with van der Waals surface area (Å²) in [5.41, 5.74) is 20.6. The third-order valence-electron chi connectivity index (χ3n) is 11.0. The molecule has 0 aliphatic heterocycles. The van der Waals surface area contributed by atoms with Crippen LogP contribution in [0.25, 0.3) is 67.5 Å². The van der Waals surface area contributed by atoms with Crippen LogP contribution in [0.15, 0.2) is 206 Å². The van der Waals surface area contributed by atoms with Gasteiger partial charge >= 0.3 is 0 Å². The van der Waals surface area contributed by atoms with E-state index in [4.69, 9.17) is 20.7 Å². The molecule has 10 rings (SSSR count). The molecule has 0 saturated carbocycles. The zero-order valence-corrected chi connectivity index (χ0v) is 30.5. The first-order chi connectivity index (χ1) is 27.7. The summed E-state index contributed by atoms with van der Waals surface area (Å²) in [6, 6.07) is 72.5. The fourth-order valence-electron chi connectivity index (χ4n) is 8.45. The van der Waals surface area contributed by atoms with Gasteiger partial charge in [0.1, 0.15) is 0 Å². The molecule has 0 bridgehead atoms. The second-order valence-corrected chi connectivity index (χ2v) is 14.2. The lowest BCUT2D eigenvalue weighted by atomic mass is 9.67. The minimum atomic E-state index is -0.610. The van der Waals surface area contributed by atoms with E-state index in [9.17, 15) is 0 Å². The van der Waals surface area contributed by atoms with Gasteiger partial charge < -0.3 is 5.73 Å². The van der Waals surface area contributed by atoms with Gasteiger partial charge in [0.15, 0.2) is 17.5 Å². The SMILES string of the molecule is Nc1ccc(-c2ccc(-c3cccc4c3-c3c(-c5nc(-c6ccccc6)nc(-c6ccccc6)n5)cccc3C4(c3ccccc3)c3ccccc3)cc2)cc1. The Bertz CT molecular complexity index is 2720. The summed E-state index contributed by atoms with van der Waals surface area (Å²) < 4.78 is 0. The lowest BCUT2D eigenvalue weighted by Gasteiger charge is -2.34. The molecule has 0 amide bonds. The molecule has 0 radical (unpaired) electrons. The Morgan fingerprint density at radius 3 is 1.20 bits per heavy atom. The first-order valence-electron chi connectivity index (χ1n) is 18.9. The van der Waals surface area contributed by atoms with Gasteiger partial charge in [-0.3, -0.25) is 0 Å². The summed E-state index contributed by atoms with van der Waals surface area (Å²) >= 11 is 0. The summed E-state index contributed by atoms with van der Waals surface area (Å²) in [6.07, 6.45) is 0. The first kappa shape index (κ1) is 33.2. The van der Waals surface area contributed by atoms with Gasteiger partial charge in [0.05, 0.1) is 5.41 Å². The Balaban J connectivity index is 1.28. The molecule has 264 valence electrons. The van der Waals surface area contributed by atoms with Crippen molar-refractivity contribution in [3.05, 3.63) is 229 Å². The predicted octanol–water partition coefficient (Wildman–Crippen LogP) is 12.2. The van der Waals surface area contributed by atoms with Crippen molar-refractivity contribution in [1.29, 1.82) is 0 Å². The van der Waals surface area contributed by atoms with Crippen molar-refractivity contribution in [2.75, 3.05) is 5.73 Å². The molecule has 1 aromatic heterocycles. The van der Waals surface area contributed by atoms with Gasteiger partial charge in [-0.05, 0) is 67.8 Å². The van der Waals surface area contributed by atoms with Crippen LogP contribution in [0.1, 0.15) is 22.3 Å². The van der Waals surface area contributed by atoms with Crippen molar-refractivity contribution in [2.45, 2.75) is 5.41 Å². The van der Waals surface area contributed by atoms with Crippen LogP contribution in [0.5, 0.6) is 0 Å². The second kappa shape index (κ2) is 13.8. The zero-order valence-electron chi connectivity index (χ0n) is 30.5. The van der Waals surface area contributed by atoms with E-state index in [1.54, 1.807) is 0 Å². The average Bonchev–Trinajstić information content (AvgIpc) is 3.59. The topological polar surface area (TPSA) is 64.7 Å². The van der Waals surface area contributed by atoms with E-state index in [0.717, 1.165) is 50.2 Å². The Morgan fingerprint density at radius 1 is 0.304 bits per heavy atom. The first-order valence-corrected chi connectivity index (χ1v) is 18.9. The third-order valence-corrected chi connectivity index (χ3v) is 11.0. The van der Waals surface area contributed by atoms with E-state index in [1.165, 1.54) is 27.8 Å². The highest BCUT2D eigenvalue weighted by Gasteiger charge is 2.48. The Hall–Kier alpha value is -7.43. The van der Waals surface area contributed by atoms with Gasteiger partial charge in [0, 0.05) is 22.4 Å². The Morgan fingerprint density at radius 2 is 0.696 bits per heavy atom. The highest BCUT2D eigenvalue weighted by Crippen LogP contribution is 2.60. The molecular formula is C52H36N4. The summed E-state index contributed by atoms with van der Waals surface area (Å²) in [5, 5.41) is 0. The van der Waals surface area contributed by atoms with Crippen LogP contribution in [-0.2, 0) is 5.41 Å². The van der Waals surface area contributed by atoms with Crippen LogP contribution in [-0.4, -0.2) is 15.0 Å². The molecule has 1 aliphatic carbocycles. The molecule has 8 aromatic carbocycles. The number of hydrogen-bond donors (Lipinski definition) is 1. The molecule has 4 nitrogen and oxygen atoms in total. The molecule has 4 heteroatoms. The normalized spacial score (nSPS) is 12.5. The van der Waals surface area contributed by atoms with Crippen LogP contribution in [0.2, 0.25) is 0 Å². The van der Waals surface area contributed by atoms with Crippen molar-refractivity contribution in [3.63, 3.8) is 0 Å². The number of aromatic nitrogens is 3. The fourth-order valence-corrected chi connectivity index (χ4v) is 8.45. The summed E-state index contributed by atoms with van der Waals surface area (Å²) in [5.74, 6) is 1.90. The summed E-state index contributed by atoms with van der Waals surface area (Å²) in [7, 11) is 0.